The second-order valence-corrected chi connectivity index (χ2v) is 4.66. The fraction of sp³-hybridized carbons (Fsp3) is 0.500. The van der Waals surface area contributed by atoms with E-state index in [0.717, 1.165) is 12.5 Å². The fourth-order valence-corrected chi connectivity index (χ4v) is 1.37. The summed E-state index contributed by atoms with van der Waals surface area (Å²) in [6.45, 7) is 6.63. The predicted molar refractivity (Wildman–Crippen MR) is 56.4 cm³/mol. The molecule has 0 aliphatic carbocycles. The molecule has 0 spiro atoms. The van der Waals surface area contributed by atoms with E-state index in [1.807, 2.05) is 26.8 Å². The summed E-state index contributed by atoms with van der Waals surface area (Å²) in [4.78, 5) is 0. The highest BCUT2D eigenvalue weighted by Gasteiger charge is 2.27. The van der Waals surface area contributed by atoms with Gasteiger partial charge in [0.15, 0.2) is 0 Å². The van der Waals surface area contributed by atoms with E-state index in [9.17, 15) is 8.78 Å². The normalized spacial score (nSPS) is 12.7. The van der Waals surface area contributed by atoms with E-state index < -0.39 is 6.11 Å². The summed E-state index contributed by atoms with van der Waals surface area (Å²) in [5, 5.41) is 0. The summed E-state index contributed by atoms with van der Waals surface area (Å²) in [6, 6.07) is 6.89. The van der Waals surface area contributed by atoms with Crippen LogP contribution in [0.25, 0.3) is 0 Å². The Morgan fingerprint density at radius 2 is 1.53 bits per heavy atom. The molecule has 0 bridgehead atoms. The minimum absolute atomic E-state index is 0.207. The molecular formula is C12H16F2O. The van der Waals surface area contributed by atoms with Gasteiger partial charge in [-0.15, -0.1) is 0 Å². The van der Waals surface area contributed by atoms with Gasteiger partial charge in [-0.25, -0.2) is 0 Å². The smallest absolute Gasteiger partial charge is 0.394 e. The van der Waals surface area contributed by atoms with E-state index in [1.54, 1.807) is 18.2 Å². The van der Waals surface area contributed by atoms with E-state index in [0.29, 0.717) is 0 Å². The van der Waals surface area contributed by atoms with Gasteiger partial charge in [0.2, 0.25) is 0 Å². The van der Waals surface area contributed by atoms with Crippen molar-refractivity contribution in [3.8, 4) is 5.75 Å². The maximum Gasteiger partial charge on any atom is 0.394 e. The number of hydrogen-bond acceptors (Lipinski definition) is 1. The molecule has 0 aliphatic heterocycles. The number of benzene rings is 1. The van der Waals surface area contributed by atoms with Crippen molar-refractivity contribution in [1.82, 2.24) is 0 Å². The van der Waals surface area contributed by atoms with Crippen molar-refractivity contribution in [2.45, 2.75) is 39.2 Å². The van der Waals surface area contributed by atoms with Crippen LogP contribution >= 0.6 is 0 Å². The Balaban J connectivity index is 3.08. The van der Waals surface area contributed by atoms with Crippen LogP contribution in [0.3, 0.4) is 0 Å². The minimum Gasteiger partial charge on any atom is -0.432 e. The maximum absolute atomic E-state index is 12.8. The summed E-state index contributed by atoms with van der Waals surface area (Å²) < 4.78 is 30.1. The van der Waals surface area contributed by atoms with Crippen molar-refractivity contribution < 1.29 is 13.5 Å². The first-order valence-electron chi connectivity index (χ1n) is 4.86. The number of alkyl halides is 2. The Labute approximate surface area is 89.1 Å². The van der Waals surface area contributed by atoms with Crippen LogP contribution in [0.4, 0.5) is 8.78 Å². The minimum atomic E-state index is -3.14. The van der Waals surface area contributed by atoms with Crippen LogP contribution in [0.1, 0.15) is 33.3 Å². The Hall–Kier alpha value is -1.12. The SMILES string of the molecule is CC(F)(F)Oc1ccccc1C(C)(C)C. The van der Waals surface area contributed by atoms with Crippen LogP contribution < -0.4 is 4.74 Å². The zero-order valence-electron chi connectivity index (χ0n) is 9.47. The number of rotatable bonds is 2. The molecular weight excluding hydrogens is 198 g/mol. The van der Waals surface area contributed by atoms with Gasteiger partial charge in [-0.05, 0) is 17.0 Å². The van der Waals surface area contributed by atoms with Crippen molar-refractivity contribution >= 4 is 0 Å². The zero-order valence-corrected chi connectivity index (χ0v) is 9.47. The highest BCUT2D eigenvalue weighted by molar-refractivity contribution is 5.38. The second kappa shape index (κ2) is 3.80. The van der Waals surface area contributed by atoms with Crippen molar-refractivity contribution in [2.75, 3.05) is 0 Å². The molecule has 3 heteroatoms. The first-order valence-corrected chi connectivity index (χ1v) is 4.86. The summed E-state index contributed by atoms with van der Waals surface area (Å²) in [5.41, 5.74) is 0.577. The Morgan fingerprint density at radius 3 is 2.00 bits per heavy atom. The van der Waals surface area contributed by atoms with Gasteiger partial charge in [0.25, 0.3) is 0 Å². The fourth-order valence-electron chi connectivity index (χ4n) is 1.37. The molecule has 0 heterocycles. The van der Waals surface area contributed by atoms with Crippen LogP contribution in [0, 0.1) is 0 Å². The third kappa shape index (κ3) is 3.50. The average Bonchev–Trinajstić information content (AvgIpc) is 1.99. The third-order valence-corrected chi connectivity index (χ3v) is 1.98. The number of hydrogen-bond donors (Lipinski definition) is 0. The van der Waals surface area contributed by atoms with Crippen LogP contribution in [0.5, 0.6) is 5.75 Å². The summed E-state index contributed by atoms with van der Waals surface area (Å²) in [7, 11) is 0. The van der Waals surface area contributed by atoms with Gasteiger partial charge in [0, 0.05) is 6.92 Å². The molecule has 84 valence electrons. The molecule has 0 saturated heterocycles. The Kier molecular flexibility index (Phi) is 3.03. The lowest BCUT2D eigenvalue weighted by Gasteiger charge is -2.24. The quantitative estimate of drug-likeness (QED) is 0.723. The lowest BCUT2D eigenvalue weighted by molar-refractivity contribution is -0.159. The highest BCUT2D eigenvalue weighted by atomic mass is 19.3. The van der Waals surface area contributed by atoms with Gasteiger partial charge in [0.1, 0.15) is 5.75 Å². The van der Waals surface area contributed by atoms with E-state index in [-0.39, 0.29) is 11.2 Å². The third-order valence-electron chi connectivity index (χ3n) is 1.98. The molecule has 1 nitrogen and oxygen atoms in total. The van der Waals surface area contributed by atoms with E-state index >= 15 is 0 Å². The predicted octanol–water partition coefficient (Wildman–Crippen LogP) is 3.98. The first kappa shape index (κ1) is 12.0. The lowest BCUT2D eigenvalue weighted by Crippen LogP contribution is -2.22. The molecule has 1 aromatic rings. The summed E-state index contributed by atoms with van der Waals surface area (Å²) in [5.74, 6) is 0.248. The van der Waals surface area contributed by atoms with Crippen LogP contribution in [-0.4, -0.2) is 6.11 Å². The van der Waals surface area contributed by atoms with Crippen molar-refractivity contribution in [3.63, 3.8) is 0 Å². The van der Waals surface area contributed by atoms with Gasteiger partial charge >= 0.3 is 6.11 Å². The Morgan fingerprint density at radius 1 is 1.00 bits per heavy atom. The van der Waals surface area contributed by atoms with Crippen molar-refractivity contribution in [2.24, 2.45) is 0 Å². The largest absolute Gasteiger partial charge is 0.432 e. The summed E-state index contributed by atoms with van der Waals surface area (Å²) >= 11 is 0. The summed E-state index contributed by atoms with van der Waals surface area (Å²) in [6.07, 6.45) is -3.14. The number of para-hydroxylation sites is 1. The lowest BCUT2D eigenvalue weighted by atomic mass is 9.86. The standard InChI is InChI=1S/C12H16F2O/c1-11(2,3)9-7-5-6-8-10(9)15-12(4,13)14/h5-8H,1-4H3. The molecule has 0 aliphatic rings. The molecule has 0 saturated carbocycles. The topological polar surface area (TPSA) is 9.23 Å². The van der Waals surface area contributed by atoms with Crippen LogP contribution in [0.15, 0.2) is 24.3 Å². The molecule has 0 amide bonds. The highest BCUT2D eigenvalue weighted by Crippen LogP contribution is 2.33. The molecule has 0 atom stereocenters. The van der Waals surface area contributed by atoms with Gasteiger partial charge in [-0.1, -0.05) is 39.0 Å². The van der Waals surface area contributed by atoms with Crippen LogP contribution in [-0.2, 0) is 5.41 Å². The maximum atomic E-state index is 12.8. The monoisotopic (exact) mass is 214 g/mol. The van der Waals surface area contributed by atoms with Crippen molar-refractivity contribution in [3.05, 3.63) is 29.8 Å². The van der Waals surface area contributed by atoms with Gasteiger partial charge < -0.3 is 4.74 Å². The average molecular weight is 214 g/mol. The van der Waals surface area contributed by atoms with E-state index in [4.69, 9.17) is 0 Å². The molecule has 1 aromatic carbocycles. The molecule has 1 rings (SSSR count). The zero-order chi connectivity index (χ0) is 11.7. The van der Waals surface area contributed by atoms with Crippen molar-refractivity contribution in [1.29, 1.82) is 0 Å². The van der Waals surface area contributed by atoms with E-state index in [1.165, 1.54) is 0 Å². The number of halogens is 2. The second-order valence-electron chi connectivity index (χ2n) is 4.66. The van der Waals surface area contributed by atoms with E-state index in [2.05, 4.69) is 4.74 Å². The van der Waals surface area contributed by atoms with Gasteiger partial charge in [-0.3, -0.25) is 0 Å². The molecule has 0 N–H and O–H groups in total. The molecule has 0 fully saturated rings. The molecule has 15 heavy (non-hydrogen) atoms. The molecule has 0 unspecified atom stereocenters. The van der Waals surface area contributed by atoms with Gasteiger partial charge in [0.05, 0.1) is 0 Å². The van der Waals surface area contributed by atoms with Gasteiger partial charge in [-0.2, -0.15) is 8.78 Å². The molecule has 0 radical (unpaired) electrons. The first-order chi connectivity index (χ1) is 6.70. The number of ether oxygens (including phenoxy) is 1. The molecule has 0 aromatic heterocycles. The van der Waals surface area contributed by atoms with Crippen LogP contribution in [0.2, 0.25) is 0 Å². The Bertz CT molecular complexity index is 334.